The minimum atomic E-state index is -4.40. The number of thiazole rings is 1. The summed E-state index contributed by atoms with van der Waals surface area (Å²) in [7, 11) is 0. The van der Waals surface area contributed by atoms with Gasteiger partial charge in [-0.15, -0.1) is 16.4 Å². The zero-order valence-electron chi connectivity index (χ0n) is 10.9. The average molecular weight is 322 g/mol. The average Bonchev–Trinajstić information content (AvgIpc) is 3.04. The van der Waals surface area contributed by atoms with Crippen LogP contribution in [0.5, 0.6) is 0 Å². The van der Waals surface area contributed by atoms with Gasteiger partial charge in [0.25, 0.3) is 0 Å². The van der Waals surface area contributed by atoms with E-state index in [1.165, 1.54) is 17.7 Å². The highest BCUT2D eigenvalue weighted by Crippen LogP contribution is 2.37. The van der Waals surface area contributed by atoms with E-state index in [1.807, 2.05) is 13.8 Å². The predicted molar refractivity (Wildman–Crippen MR) is 71.9 cm³/mol. The van der Waals surface area contributed by atoms with Gasteiger partial charge in [-0.1, -0.05) is 18.3 Å². The van der Waals surface area contributed by atoms with Gasteiger partial charge < -0.3 is 5.32 Å². The molecule has 0 bridgehead atoms. The van der Waals surface area contributed by atoms with Crippen molar-refractivity contribution in [2.24, 2.45) is 0 Å². The van der Waals surface area contributed by atoms with Crippen LogP contribution in [-0.2, 0) is 12.6 Å². The van der Waals surface area contributed by atoms with E-state index in [-0.39, 0.29) is 6.04 Å². The molecule has 0 aliphatic heterocycles. The van der Waals surface area contributed by atoms with E-state index in [9.17, 15) is 13.2 Å². The molecule has 110 valence electrons. The second-order valence-electron chi connectivity index (χ2n) is 3.99. The lowest BCUT2D eigenvalue weighted by atomic mass is 10.1. The van der Waals surface area contributed by atoms with Crippen LogP contribution in [0.4, 0.5) is 13.2 Å². The van der Waals surface area contributed by atoms with Crippen molar-refractivity contribution < 1.29 is 13.2 Å². The van der Waals surface area contributed by atoms with Crippen molar-refractivity contribution in [1.82, 2.24) is 19.9 Å². The Kier molecular flexibility index (Phi) is 4.71. The summed E-state index contributed by atoms with van der Waals surface area (Å²) in [5.41, 5.74) is 0.808. The molecule has 0 amide bonds. The van der Waals surface area contributed by atoms with Crippen LogP contribution in [0.25, 0.3) is 0 Å². The normalized spacial score (nSPS) is 13.7. The van der Waals surface area contributed by atoms with Gasteiger partial charge in [-0.25, -0.2) is 4.98 Å². The minimum Gasteiger partial charge on any atom is -0.305 e. The standard InChI is InChI=1S/C11H13F3N4S2/c1-3-6-9(20-18-17-6)8(15-4-2)7-5-16-10(19-7)11(12,13)14/h5,8,15H,3-4H2,1-2H3. The number of aromatic nitrogens is 3. The zero-order valence-corrected chi connectivity index (χ0v) is 12.5. The van der Waals surface area contributed by atoms with Gasteiger partial charge in [0.15, 0.2) is 5.01 Å². The molecule has 0 aliphatic rings. The number of nitrogens with zero attached hydrogens (tertiary/aromatic N) is 3. The molecule has 1 atom stereocenters. The number of hydrogen-bond acceptors (Lipinski definition) is 6. The maximum Gasteiger partial charge on any atom is 0.443 e. The van der Waals surface area contributed by atoms with Crippen LogP contribution in [0.3, 0.4) is 0 Å². The van der Waals surface area contributed by atoms with Crippen LogP contribution in [-0.4, -0.2) is 21.1 Å². The topological polar surface area (TPSA) is 50.7 Å². The van der Waals surface area contributed by atoms with Crippen LogP contribution in [0.1, 0.15) is 40.3 Å². The summed E-state index contributed by atoms with van der Waals surface area (Å²) >= 11 is 1.87. The molecule has 0 spiro atoms. The van der Waals surface area contributed by atoms with Crippen molar-refractivity contribution in [3.05, 3.63) is 26.7 Å². The Balaban J connectivity index is 2.36. The van der Waals surface area contributed by atoms with E-state index in [2.05, 4.69) is 19.9 Å². The number of rotatable bonds is 5. The third-order valence-corrected chi connectivity index (χ3v) is 4.58. The fraction of sp³-hybridized carbons (Fsp3) is 0.545. The molecule has 0 radical (unpaired) electrons. The molecule has 1 N–H and O–H groups in total. The maximum atomic E-state index is 12.6. The van der Waals surface area contributed by atoms with Gasteiger partial charge in [-0.05, 0) is 24.5 Å². The second-order valence-corrected chi connectivity index (χ2v) is 5.84. The number of nitrogens with one attached hydrogen (secondary N) is 1. The van der Waals surface area contributed by atoms with E-state index in [0.29, 0.717) is 29.2 Å². The Morgan fingerprint density at radius 3 is 2.65 bits per heavy atom. The van der Waals surface area contributed by atoms with Crippen molar-refractivity contribution >= 4 is 22.9 Å². The van der Waals surface area contributed by atoms with Gasteiger partial charge in [0.2, 0.25) is 0 Å². The molecular weight excluding hydrogens is 309 g/mol. The first-order chi connectivity index (χ1) is 9.47. The van der Waals surface area contributed by atoms with Gasteiger partial charge >= 0.3 is 6.18 Å². The van der Waals surface area contributed by atoms with Gasteiger partial charge in [0.1, 0.15) is 0 Å². The quantitative estimate of drug-likeness (QED) is 0.918. The van der Waals surface area contributed by atoms with Crippen LogP contribution >= 0.6 is 22.9 Å². The van der Waals surface area contributed by atoms with Gasteiger partial charge in [-0.3, -0.25) is 0 Å². The molecule has 4 nitrogen and oxygen atoms in total. The molecule has 0 saturated carbocycles. The third kappa shape index (κ3) is 3.15. The Morgan fingerprint density at radius 2 is 2.10 bits per heavy atom. The van der Waals surface area contributed by atoms with Crippen molar-refractivity contribution in [1.29, 1.82) is 0 Å². The van der Waals surface area contributed by atoms with Gasteiger partial charge in [0.05, 0.1) is 16.6 Å². The summed E-state index contributed by atoms with van der Waals surface area (Å²) in [5, 5.41) is 6.36. The highest BCUT2D eigenvalue weighted by molar-refractivity contribution is 7.12. The lowest BCUT2D eigenvalue weighted by Gasteiger charge is -2.14. The van der Waals surface area contributed by atoms with Crippen LogP contribution < -0.4 is 5.32 Å². The molecule has 1 unspecified atom stereocenters. The first-order valence-corrected chi connectivity index (χ1v) is 7.63. The van der Waals surface area contributed by atoms with E-state index >= 15 is 0 Å². The SMILES string of the molecule is CCNC(c1cnc(C(F)(F)F)s1)c1snnc1CC. The van der Waals surface area contributed by atoms with E-state index < -0.39 is 11.2 Å². The Labute approximate surface area is 122 Å². The molecule has 9 heteroatoms. The highest BCUT2D eigenvalue weighted by atomic mass is 32.1. The van der Waals surface area contributed by atoms with Crippen LogP contribution in [0.2, 0.25) is 0 Å². The number of aryl methyl sites for hydroxylation is 1. The monoisotopic (exact) mass is 322 g/mol. The molecule has 2 aromatic heterocycles. The summed E-state index contributed by atoms with van der Waals surface area (Å²) in [6.07, 6.45) is -2.43. The largest absolute Gasteiger partial charge is 0.443 e. The van der Waals surface area contributed by atoms with Gasteiger partial charge in [0, 0.05) is 11.1 Å². The molecule has 0 aromatic carbocycles. The Hall–Kier alpha value is -1.06. The lowest BCUT2D eigenvalue weighted by molar-refractivity contribution is -0.137. The van der Waals surface area contributed by atoms with E-state index in [0.717, 1.165) is 10.6 Å². The first-order valence-electron chi connectivity index (χ1n) is 6.04. The lowest BCUT2D eigenvalue weighted by Crippen LogP contribution is -2.21. The smallest absolute Gasteiger partial charge is 0.305 e. The fourth-order valence-corrected chi connectivity index (χ4v) is 3.53. The molecule has 2 rings (SSSR count). The first kappa shape index (κ1) is 15.3. The molecule has 0 saturated heterocycles. The fourth-order valence-electron chi connectivity index (χ4n) is 1.76. The Morgan fingerprint density at radius 1 is 1.35 bits per heavy atom. The molecule has 20 heavy (non-hydrogen) atoms. The number of alkyl halides is 3. The van der Waals surface area contributed by atoms with Crippen LogP contribution in [0.15, 0.2) is 6.20 Å². The predicted octanol–water partition coefficient (Wildman–Crippen LogP) is 3.27. The minimum absolute atomic E-state index is 0.330. The summed E-state index contributed by atoms with van der Waals surface area (Å²) in [6, 6.07) is -0.330. The highest BCUT2D eigenvalue weighted by Gasteiger charge is 2.35. The zero-order chi connectivity index (χ0) is 14.8. The number of hydrogen-bond donors (Lipinski definition) is 1. The summed E-state index contributed by atoms with van der Waals surface area (Å²) < 4.78 is 41.8. The van der Waals surface area contributed by atoms with Crippen LogP contribution in [0, 0.1) is 0 Å². The van der Waals surface area contributed by atoms with Crippen molar-refractivity contribution in [2.45, 2.75) is 32.5 Å². The Bertz CT molecular complexity index is 564. The third-order valence-electron chi connectivity index (χ3n) is 2.64. The summed E-state index contributed by atoms with van der Waals surface area (Å²) in [4.78, 5) is 4.85. The summed E-state index contributed by atoms with van der Waals surface area (Å²) in [6.45, 7) is 4.47. The van der Waals surface area contributed by atoms with E-state index in [4.69, 9.17) is 0 Å². The van der Waals surface area contributed by atoms with Crippen molar-refractivity contribution in [2.75, 3.05) is 6.54 Å². The van der Waals surface area contributed by atoms with Gasteiger partial charge in [-0.2, -0.15) is 13.2 Å². The molecular formula is C11H13F3N4S2. The molecule has 0 fully saturated rings. The maximum absolute atomic E-state index is 12.6. The molecule has 2 heterocycles. The number of halogens is 3. The second kappa shape index (κ2) is 6.15. The van der Waals surface area contributed by atoms with E-state index in [1.54, 1.807) is 0 Å². The molecule has 0 aliphatic carbocycles. The summed E-state index contributed by atoms with van der Waals surface area (Å²) in [5.74, 6) is 0. The molecule has 2 aromatic rings. The van der Waals surface area contributed by atoms with Crippen molar-refractivity contribution in [3.8, 4) is 0 Å². The van der Waals surface area contributed by atoms with Crippen molar-refractivity contribution in [3.63, 3.8) is 0 Å².